The van der Waals surface area contributed by atoms with Gasteiger partial charge in [0.05, 0.1) is 0 Å². The van der Waals surface area contributed by atoms with Crippen molar-refractivity contribution in [1.29, 1.82) is 0 Å². The molecule has 0 unspecified atom stereocenters. The van der Waals surface area contributed by atoms with Gasteiger partial charge in [-0.05, 0) is 62.5 Å². The molecule has 0 radical (unpaired) electrons. The number of likely N-dealkylation sites (tertiary alicyclic amines) is 1. The number of hydrogen-bond donors (Lipinski definition) is 0. The Morgan fingerprint density at radius 3 is 2.48 bits per heavy atom. The third-order valence-corrected chi connectivity index (χ3v) is 5.31. The lowest BCUT2D eigenvalue weighted by atomic mass is 9.99. The van der Waals surface area contributed by atoms with Crippen molar-refractivity contribution in [3.05, 3.63) is 34.3 Å². The number of likely N-dealkylation sites (N-methyl/N-ethyl adjacent to an activating group) is 1. The van der Waals surface area contributed by atoms with Crippen LogP contribution in [0.3, 0.4) is 0 Å². The molecule has 3 nitrogen and oxygen atoms in total. The zero-order chi connectivity index (χ0) is 17.0. The van der Waals surface area contributed by atoms with E-state index in [1.807, 2.05) is 37.1 Å². The molecular weight excluding hydrogens is 308 g/mol. The van der Waals surface area contributed by atoms with Gasteiger partial charge >= 0.3 is 0 Å². The van der Waals surface area contributed by atoms with Crippen molar-refractivity contribution in [3.63, 3.8) is 0 Å². The van der Waals surface area contributed by atoms with Gasteiger partial charge < -0.3 is 9.80 Å². The minimum Gasteiger partial charge on any atom is -0.337 e. The molecule has 1 saturated heterocycles. The number of amides is 1. The summed E-state index contributed by atoms with van der Waals surface area (Å²) in [4.78, 5) is 17.3. The number of halogens is 1. The van der Waals surface area contributed by atoms with Crippen molar-refractivity contribution in [3.8, 4) is 0 Å². The van der Waals surface area contributed by atoms with Crippen LogP contribution in [0.2, 0.25) is 5.02 Å². The summed E-state index contributed by atoms with van der Waals surface area (Å²) in [6.45, 7) is 9.62. The SMILES string of the molecule is Cc1cc(C(=O)N(C)[C@H](CN2CCCCC2)C(C)C)ccc1Cl. The van der Waals surface area contributed by atoms with Crippen molar-refractivity contribution < 1.29 is 4.79 Å². The zero-order valence-corrected chi connectivity index (χ0v) is 15.6. The number of aryl methyl sites for hydroxylation is 1. The Labute approximate surface area is 145 Å². The quantitative estimate of drug-likeness (QED) is 0.803. The van der Waals surface area contributed by atoms with Gasteiger partial charge in [-0.25, -0.2) is 0 Å². The first-order chi connectivity index (χ1) is 10.9. The molecule has 1 atom stereocenters. The molecule has 1 aromatic rings. The second-order valence-corrected chi connectivity index (χ2v) is 7.46. The second-order valence-electron chi connectivity index (χ2n) is 7.05. The molecule has 0 saturated carbocycles. The summed E-state index contributed by atoms with van der Waals surface area (Å²) in [6, 6.07) is 5.76. The van der Waals surface area contributed by atoms with Crippen LogP contribution in [0.1, 0.15) is 49.0 Å². The molecule has 0 N–H and O–H groups in total. The first kappa shape index (κ1) is 18.3. The maximum absolute atomic E-state index is 12.9. The van der Waals surface area contributed by atoms with E-state index in [-0.39, 0.29) is 11.9 Å². The molecule has 1 amide bonds. The summed E-state index contributed by atoms with van der Waals surface area (Å²) < 4.78 is 0. The summed E-state index contributed by atoms with van der Waals surface area (Å²) in [7, 11) is 1.93. The summed E-state index contributed by atoms with van der Waals surface area (Å²) in [6.07, 6.45) is 3.89. The van der Waals surface area contributed by atoms with Crippen LogP contribution in [0.4, 0.5) is 0 Å². The van der Waals surface area contributed by atoms with Crippen LogP contribution in [0.15, 0.2) is 18.2 Å². The highest BCUT2D eigenvalue weighted by molar-refractivity contribution is 6.31. The van der Waals surface area contributed by atoms with E-state index in [0.29, 0.717) is 10.9 Å². The van der Waals surface area contributed by atoms with Crippen LogP contribution in [-0.4, -0.2) is 48.4 Å². The monoisotopic (exact) mass is 336 g/mol. The molecule has 2 rings (SSSR count). The highest BCUT2D eigenvalue weighted by Crippen LogP contribution is 2.20. The van der Waals surface area contributed by atoms with Crippen molar-refractivity contribution >= 4 is 17.5 Å². The second kappa shape index (κ2) is 8.16. The highest BCUT2D eigenvalue weighted by Gasteiger charge is 2.26. The lowest BCUT2D eigenvalue weighted by molar-refractivity contribution is 0.0611. The van der Waals surface area contributed by atoms with Crippen LogP contribution >= 0.6 is 11.6 Å². The van der Waals surface area contributed by atoms with Crippen LogP contribution in [0.25, 0.3) is 0 Å². The highest BCUT2D eigenvalue weighted by atomic mass is 35.5. The Hall–Kier alpha value is -1.06. The fourth-order valence-corrected chi connectivity index (χ4v) is 3.44. The van der Waals surface area contributed by atoms with Gasteiger partial charge in [-0.1, -0.05) is 31.9 Å². The zero-order valence-electron chi connectivity index (χ0n) is 14.8. The van der Waals surface area contributed by atoms with E-state index in [4.69, 9.17) is 11.6 Å². The average molecular weight is 337 g/mol. The van der Waals surface area contributed by atoms with Gasteiger partial charge in [0.2, 0.25) is 0 Å². The standard InChI is InChI=1S/C19H29ClN2O/c1-14(2)18(13-22-10-6-5-7-11-22)21(4)19(23)16-8-9-17(20)15(3)12-16/h8-9,12,14,18H,5-7,10-11,13H2,1-4H3/t18-/m1/s1. The molecular formula is C19H29ClN2O. The molecule has 1 aliphatic heterocycles. The van der Waals surface area contributed by atoms with E-state index in [2.05, 4.69) is 18.7 Å². The van der Waals surface area contributed by atoms with Gasteiger partial charge in [-0.15, -0.1) is 0 Å². The van der Waals surface area contributed by atoms with Crippen molar-refractivity contribution in [2.24, 2.45) is 5.92 Å². The molecule has 0 spiro atoms. The number of hydrogen-bond acceptors (Lipinski definition) is 2. The maximum Gasteiger partial charge on any atom is 0.253 e. The van der Waals surface area contributed by atoms with E-state index in [1.54, 1.807) is 0 Å². The number of benzene rings is 1. The normalized spacial score (nSPS) is 17.3. The third-order valence-electron chi connectivity index (χ3n) is 4.89. The number of nitrogens with zero attached hydrogens (tertiary/aromatic N) is 2. The predicted molar refractivity (Wildman–Crippen MR) is 97.2 cm³/mol. The number of piperidine rings is 1. The molecule has 1 heterocycles. The lowest BCUT2D eigenvalue weighted by Crippen LogP contribution is -2.48. The number of carbonyl (C=O) groups excluding carboxylic acids is 1. The Morgan fingerprint density at radius 1 is 1.26 bits per heavy atom. The molecule has 23 heavy (non-hydrogen) atoms. The van der Waals surface area contributed by atoms with Crippen molar-refractivity contribution in [2.75, 3.05) is 26.7 Å². The van der Waals surface area contributed by atoms with E-state index in [1.165, 1.54) is 19.3 Å². The van der Waals surface area contributed by atoms with Gasteiger partial charge in [0, 0.05) is 30.2 Å². The van der Waals surface area contributed by atoms with Gasteiger partial charge in [0.1, 0.15) is 0 Å². The molecule has 1 aromatic carbocycles. The number of rotatable bonds is 5. The largest absolute Gasteiger partial charge is 0.337 e. The molecule has 1 fully saturated rings. The smallest absolute Gasteiger partial charge is 0.253 e. The summed E-state index contributed by atoms with van der Waals surface area (Å²) >= 11 is 6.08. The molecule has 4 heteroatoms. The fraction of sp³-hybridized carbons (Fsp3) is 0.632. The Morgan fingerprint density at radius 2 is 1.91 bits per heavy atom. The van der Waals surface area contributed by atoms with Gasteiger partial charge in [0.25, 0.3) is 5.91 Å². The van der Waals surface area contributed by atoms with Crippen LogP contribution in [0, 0.1) is 12.8 Å². The first-order valence-electron chi connectivity index (χ1n) is 8.66. The van der Waals surface area contributed by atoms with E-state index in [0.717, 1.165) is 30.8 Å². The first-order valence-corrected chi connectivity index (χ1v) is 9.03. The Balaban J connectivity index is 2.10. The van der Waals surface area contributed by atoms with E-state index < -0.39 is 0 Å². The van der Waals surface area contributed by atoms with Crippen LogP contribution in [-0.2, 0) is 0 Å². The van der Waals surface area contributed by atoms with Gasteiger partial charge in [0.15, 0.2) is 0 Å². The Bertz CT molecular complexity index is 538. The Kier molecular flexibility index (Phi) is 6.49. The molecule has 0 bridgehead atoms. The van der Waals surface area contributed by atoms with E-state index >= 15 is 0 Å². The predicted octanol–water partition coefficient (Wildman–Crippen LogP) is 4.23. The fourth-order valence-electron chi connectivity index (χ4n) is 3.32. The molecule has 1 aliphatic rings. The van der Waals surface area contributed by atoms with Crippen LogP contribution in [0.5, 0.6) is 0 Å². The third kappa shape index (κ3) is 4.71. The molecule has 0 aliphatic carbocycles. The van der Waals surface area contributed by atoms with Crippen LogP contribution < -0.4 is 0 Å². The lowest BCUT2D eigenvalue weighted by Gasteiger charge is -2.37. The minimum atomic E-state index is 0.0838. The summed E-state index contributed by atoms with van der Waals surface area (Å²) in [5, 5.41) is 0.706. The summed E-state index contributed by atoms with van der Waals surface area (Å²) in [5.74, 6) is 0.514. The topological polar surface area (TPSA) is 23.6 Å². The summed E-state index contributed by atoms with van der Waals surface area (Å²) in [5.41, 5.74) is 1.67. The van der Waals surface area contributed by atoms with E-state index in [9.17, 15) is 4.79 Å². The average Bonchev–Trinajstić information content (AvgIpc) is 2.54. The maximum atomic E-state index is 12.9. The van der Waals surface area contributed by atoms with Gasteiger partial charge in [-0.3, -0.25) is 4.79 Å². The number of carbonyl (C=O) groups is 1. The molecule has 0 aromatic heterocycles. The van der Waals surface area contributed by atoms with Gasteiger partial charge in [-0.2, -0.15) is 0 Å². The minimum absolute atomic E-state index is 0.0838. The van der Waals surface area contributed by atoms with Crippen molar-refractivity contribution in [2.45, 2.75) is 46.1 Å². The van der Waals surface area contributed by atoms with Crippen molar-refractivity contribution in [1.82, 2.24) is 9.80 Å². The molecule has 128 valence electrons.